The second-order valence-electron chi connectivity index (χ2n) is 18.9. The van der Waals surface area contributed by atoms with Crippen LogP contribution < -0.4 is 9.30 Å². The molecule has 0 atom stereocenters. The molecule has 5 nitrogen and oxygen atoms in total. The first-order valence-electron chi connectivity index (χ1n) is 43.8. The highest BCUT2D eigenvalue weighted by Gasteiger charge is 2.43. The number of hydrogen-bond acceptors (Lipinski definition) is 2. The number of imidazole rings is 1. The zero-order valence-corrected chi connectivity index (χ0v) is 39.1. The zero-order valence-electron chi connectivity index (χ0n) is 80.1. The number of aryl methyl sites for hydroxylation is 2. The van der Waals surface area contributed by atoms with Gasteiger partial charge in [-0.3, -0.25) is 13.7 Å². The highest BCUT2D eigenvalue weighted by atomic mass is 16.5. The summed E-state index contributed by atoms with van der Waals surface area (Å²) in [6, 6.07) is 13.8. The van der Waals surface area contributed by atoms with Crippen LogP contribution in [0.25, 0.3) is 83.4 Å². The van der Waals surface area contributed by atoms with Crippen LogP contribution in [0.3, 0.4) is 0 Å². The van der Waals surface area contributed by atoms with E-state index in [0.29, 0.717) is 33.9 Å². The van der Waals surface area contributed by atoms with Gasteiger partial charge in [0.05, 0.1) is 48.5 Å². The predicted octanol–water partition coefficient (Wildman–Crippen LogP) is 17.5. The second-order valence-corrected chi connectivity index (χ2v) is 18.9. The second kappa shape index (κ2) is 16.7. The van der Waals surface area contributed by atoms with Crippen LogP contribution in [0.1, 0.15) is 157 Å². The van der Waals surface area contributed by atoms with Gasteiger partial charge in [-0.2, -0.15) is 0 Å². The Morgan fingerprint density at radius 1 is 0.560 bits per heavy atom. The van der Waals surface area contributed by atoms with Gasteiger partial charge in [0.25, 0.3) is 6.33 Å². The Balaban J connectivity index is 1.12. The van der Waals surface area contributed by atoms with E-state index in [1.807, 2.05) is 0 Å². The molecule has 13 rings (SSSR count). The van der Waals surface area contributed by atoms with E-state index in [1.165, 1.54) is 59.2 Å². The molecule has 0 unspecified atom stereocenters. The first kappa shape index (κ1) is 20.3. The Kier molecular flexibility index (Phi) is 4.52. The molecule has 0 saturated heterocycles. The molecular weight excluding hydrogens is 913 g/mol. The Labute approximate surface area is 499 Å². The maximum absolute atomic E-state index is 10.3. The van der Waals surface area contributed by atoms with Crippen LogP contribution in [0.2, 0.25) is 0 Å². The van der Waals surface area contributed by atoms with Crippen LogP contribution in [-0.4, -0.2) is 14.1 Å². The summed E-state index contributed by atoms with van der Waals surface area (Å²) in [6.45, 7) is -38.9. The van der Waals surface area contributed by atoms with E-state index >= 15 is 0 Å². The summed E-state index contributed by atoms with van der Waals surface area (Å²) in [4.78, 5) is 4.64. The van der Waals surface area contributed by atoms with Crippen molar-refractivity contribution in [3.05, 3.63) is 222 Å². The number of para-hydroxylation sites is 3. The Morgan fingerprint density at radius 3 is 1.88 bits per heavy atom. The van der Waals surface area contributed by atoms with Gasteiger partial charge in [0.2, 0.25) is 0 Å². The lowest BCUT2D eigenvalue weighted by atomic mass is 9.82. The van der Waals surface area contributed by atoms with Crippen LogP contribution in [-0.2, 0) is 21.7 Å². The molecule has 0 N–H and O–H groups in total. The van der Waals surface area contributed by atoms with Crippen LogP contribution in [0, 0.1) is 20.0 Å². The van der Waals surface area contributed by atoms with E-state index in [4.69, 9.17) is 52.7 Å². The molecule has 0 spiro atoms. The SMILES string of the molecule is [2H]c1c([2H])c([2H])c(-c2cnc(-n3c4ccccc4c4ccc(Oc5cccc(-n6[c-][n+](-c7c(-c8c([2H])c([2H])c9c(c8[2H])C(C([2H])([2H])[2H])(C([2H])([2H])[2H])CC9(C([2H])([2H])[2H])C([2H])([2H])[2H])cc(C([2H])([2H])[2H])cc7-c7c([2H])c([2H])c8c(c7[2H])C(C([2H])([2H])[2H])(C([2H])([2H])[2H])CC8(C([2H])([2H])[2H])C([2H])([2H])[2H])c7ccccc76)c5)cc43)cc2C([2H])([2H])[2H])c([2H])c1[2H]. The maximum Gasteiger partial charge on any atom is 0.269 e. The first-order valence-corrected chi connectivity index (χ1v) is 23.3. The summed E-state index contributed by atoms with van der Waals surface area (Å²) in [5, 5.41) is 1.22. The molecule has 75 heavy (non-hydrogen) atoms. The molecule has 11 aromatic rings. The Morgan fingerprint density at radius 2 is 1.20 bits per heavy atom. The van der Waals surface area contributed by atoms with Gasteiger partial charge < -0.3 is 4.74 Å². The Hall–Kier alpha value is -8.02. The largest absolute Gasteiger partial charge is 0.458 e. The highest BCUT2D eigenvalue weighted by molar-refractivity contribution is 6.09. The van der Waals surface area contributed by atoms with Gasteiger partial charge in [-0.15, -0.1) is 0 Å². The standard InChI is InChI=1S/C70H64N4O/c1-44-33-54(47-27-31-57-59(36-47)69(7,8)41-67(57,3)4)66(55(34-44)48-28-32-58-60(37-48)70(9,10)42-68(58,5)6)73-43-72(62-25-16-17-26-63(62)73)49-21-18-22-50(38-49)75-51-29-30-53-52-23-14-15-24-61(52)74(64(53)39-51)65-35-45(2)56(40-71-65)46-19-12-11-13-20-46/h11-40H,41-42H2,1-10H3/i1D3,2D3,3D3,4D3,5D3,6D3,7D3,8D3,9D3,10D3,11D,12D,13D,19D,20D,27D,28D,31D,32D,36D,37D. The normalized spacial score (nSPS) is 25.6. The lowest BCUT2D eigenvalue weighted by Gasteiger charge is -2.23. The monoisotopic (exact) mass is 1020 g/mol. The number of fused-ring (bicyclic) bond motifs is 6. The summed E-state index contributed by atoms with van der Waals surface area (Å²) < 4.78 is 381. The fraction of sp³-hybridized carbons (Fsp3) is 0.229. The van der Waals surface area contributed by atoms with Crippen LogP contribution >= 0.6 is 0 Å². The quantitative estimate of drug-likeness (QED) is 0.112. The smallest absolute Gasteiger partial charge is 0.269 e. The molecule has 0 fully saturated rings. The number of hydrogen-bond donors (Lipinski definition) is 0. The van der Waals surface area contributed by atoms with E-state index in [2.05, 4.69) is 11.3 Å². The molecule has 0 aliphatic heterocycles. The summed E-state index contributed by atoms with van der Waals surface area (Å²) >= 11 is 0. The van der Waals surface area contributed by atoms with Crippen molar-refractivity contribution in [1.82, 2.24) is 14.1 Å². The fourth-order valence-electron chi connectivity index (χ4n) is 10.4. The van der Waals surface area contributed by atoms with E-state index < -0.39 is 236 Å². The van der Waals surface area contributed by atoms with Crippen molar-refractivity contribution in [2.45, 2.75) is 103 Å². The minimum absolute atomic E-state index is 0.00961. The molecule has 0 bridgehead atoms. The van der Waals surface area contributed by atoms with Crippen molar-refractivity contribution < 1.29 is 65.5 Å². The van der Waals surface area contributed by atoms with Gasteiger partial charge in [0.1, 0.15) is 17.3 Å². The fourth-order valence-corrected chi connectivity index (χ4v) is 10.4. The first-order chi connectivity index (χ1) is 53.0. The molecule has 0 amide bonds. The molecule has 0 radical (unpaired) electrons. The molecule has 2 aliphatic carbocycles. The van der Waals surface area contributed by atoms with Crippen LogP contribution in [0.4, 0.5) is 0 Å². The molecule has 0 saturated carbocycles. The highest BCUT2D eigenvalue weighted by Crippen LogP contribution is 2.53. The lowest BCUT2D eigenvalue weighted by Crippen LogP contribution is -2.31. The summed E-state index contributed by atoms with van der Waals surface area (Å²) in [5.41, 5.74) is -27.0. The van der Waals surface area contributed by atoms with Gasteiger partial charge in [-0.05, 0) is 146 Å². The van der Waals surface area contributed by atoms with Gasteiger partial charge >= 0.3 is 0 Å². The molecule has 5 heteroatoms. The van der Waals surface area contributed by atoms with Gasteiger partial charge in [-0.25, -0.2) is 4.98 Å². The number of ether oxygens (including phenoxy) is 1. The van der Waals surface area contributed by atoms with Gasteiger partial charge in [-0.1, -0.05) is 188 Å². The third kappa shape index (κ3) is 7.64. The van der Waals surface area contributed by atoms with Gasteiger partial charge in [0, 0.05) is 69.7 Å². The molecule has 2 aliphatic rings. The minimum atomic E-state index is -4.08. The van der Waals surface area contributed by atoms with Gasteiger partial charge in [0.15, 0.2) is 0 Å². The number of aromatic nitrogens is 4. The lowest BCUT2D eigenvalue weighted by molar-refractivity contribution is -0.571. The van der Waals surface area contributed by atoms with E-state index in [-0.39, 0.29) is 39.6 Å². The Bertz CT molecular complexity index is 5700. The molecule has 370 valence electrons. The summed E-state index contributed by atoms with van der Waals surface area (Å²) in [5.74, 6) is 0.150. The predicted molar refractivity (Wildman–Crippen MR) is 309 cm³/mol. The number of pyridine rings is 1. The number of benzene rings is 8. The van der Waals surface area contributed by atoms with Crippen molar-refractivity contribution in [2.24, 2.45) is 0 Å². The zero-order chi connectivity index (χ0) is 86.3. The maximum atomic E-state index is 10.3. The summed E-state index contributed by atoms with van der Waals surface area (Å²) in [6.07, 6.45) is 0.411. The average molecular weight is 1020 g/mol. The topological polar surface area (TPSA) is 35.9 Å². The molecular formula is C70H64N4O. The average Bonchev–Trinajstić information content (AvgIpc) is 1.49. The van der Waals surface area contributed by atoms with Crippen molar-refractivity contribution in [2.75, 3.05) is 0 Å². The number of nitrogens with zero attached hydrogens (tertiary/aromatic N) is 4. The van der Waals surface area contributed by atoms with E-state index in [1.54, 1.807) is 47.0 Å². The van der Waals surface area contributed by atoms with Crippen LogP contribution in [0.5, 0.6) is 11.5 Å². The van der Waals surface area contributed by atoms with Crippen LogP contribution in [0.15, 0.2) is 182 Å². The molecule has 3 aromatic heterocycles. The third-order valence-corrected chi connectivity index (χ3v) is 13.7. The number of rotatable bonds is 8. The molecule has 3 heterocycles. The molecule has 8 aromatic carbocycles. The van der Waals surface area contributed by atoms with E-state index in [9.17, 15) is 8.22 Å². The van der Waals surface area contributed by atoms with E-state index in [0.717, 1.165) is 10.8 Å². The van der Waals surface area contributed by atoms with Crippen molar-refractivity contribution in [3.8, 4) is 62.1 Å². The van der Waals surface area contributed by atoms with Crippen molar-refractivity contribution >= 4 is 32.8 Å². The van der Waals surface area contributed by atoms with Crippen molar-refractivity contribution in [1.29, 1.82) is 0 Å². The van der Waals surface area contributed by atoms with Crippen molar-refractivity contribution in [3.63, 3.8) is 0 Å². The third-order valence-electron chi connectivity index (χ3n) is 13.7. The minimum Gasteiger partial charge on any atom is -0.458 e. The summed E-state index contributed by atoms with van der Waals surface area (Å²) in [7, 11) is 0.